The van der Waals surface area contributed by atoms with Gasteiger partial charge < -0.3 is 5.32 Å². The highest BCUT2D eigenvalue weighted by Crippen LogP contribution is 2.30. The second-order valence-electron chi connectivity index (χ2n) is 6.75. The molecule has 0 aliphatic rings. The number of benzene rings is 1. The predicted octanol–water partition coefficient (Wildman–Crippen LogP) is 2.68. The zero-order valence-corrected chi connectivity index (χ0v) is 17.2. The lowest BCUT2D eigenvalue weighted by Gasteiger charge is -2.17. The van der Waals surface area contributed by atoms with E-state index >= 15 is 0 Å². The molecule has 0 radical (unpaired) electrons. The number of alkyl halides is 3. The number of aromatic nitrogens is 3. The van der Waals surface area contributed by atoms with Crippen LogP contribution in [0, 0.1) is 0 Å². The normalized spacial score (nSPS) is 13.3. The number of hydrogen-bond donors (Lipinski definition) is 2. The van der Waals surface area contributed by atoms with Crippen LogP contribution < -0.4 is 10.0 Å². The van der Waals surface area contributed by atoms with E-state index in [9.17, 15) is 26.4 Å². The Morgan fingerprint density at radius 3 is 2.65 bits per heavy atom. The zero-order chi connectivity index (χ0) is 22.6. The minimum absolute atomic E-state index is 0.492. The van der Waals surface area contributed by atoms with Crippen molar-refractivity contribution in [2.24, 2.45) is 0 Å². The average molecular weight is 455 g/mol. The Balaban J connectivity index is 1.70. The van der Waals surface area contributed by atoms with Crippen molar-refractivity contribution >= 4 is 21.6 Å². The molecule has 3 rings (SSSR count). The zero-order valence-electron chi connectivity index (χ0n) is 16.4. The van der Waals surface area contributed by atoms with E-state index in [-0.39, 0.29) is 0 Å². The number of carbonyl (C=O) groups is 1. The summed E-state index contributed by atoms with van der Waals surface area (Å²) in [6.45, 7) is 1.27. The molecule has 0 fully saturated rings. The average Bonchev–Trinajstić information content (AvgIpc) is 3.16. The number of fused-ring (bicyclic) bond motifs is 1. The van der Waals surface area contributed by atoms with Gasteiger partial charge in [0.05, 0.1) is 23.0 Å². The third-order valence-corrected chi connectivity index (χ3v) is 5.86. The summed E-state index contributed by atoms with van der Waals surface area (Å²) < 4.78 is 67.0. The molecule has 0 aliphatic carbocycles. The van der Waals surface area contributed by atoms with E-state index in [0.29, 0.717) is 30.4 Å². The molecule has 8 nitrogen and oxygen atoms in total. The van der Waals surface area contributed by atoms with Gasteiger partial charge in [0, 0.05) is 6.20 Å². The highest BCUT2D eigenvalue weighted by Gasteiger charge is 2.31. The van der Waals surface area contributed by atoms with E-state index in [1.807, 2.05) is 11.6 Å². The van der Waals surface area contributed by atoms with Crippen LogP contribution in [-0.2, 0) is 21.0 Å². The first kappa shape index (κ1) is 22.7. The molecular weight excluding hydrogens is 435 g/mol. The molecule has 0 bridgehead atoms. The molecule has 0 saturated carbocycles. The van der Waals surface area contributed by atoms with E-state index < -0.39 is 45.2 Å². The summed E-state index contributed by atoms with van der Waals surface area (Å²) in [4.78, 5) is 11.8. The minimum atomic E-state index is -4.68. The molecule has 0 saturated heterocycles. The number of rotatable bonds is 8. The van der Waals surface area contributed by atoms with Gasteiger partial charge in [-0.05, 0) is 36.8 Å². The lowest BCUT2D eigenvalue weighted by atomic mass is 10.1. The molecule has 1 amide bonds. The molecule has 0 spiro atoms. The second-order valence-corrected chi connectivity index (χ2v) is 8.51. The fourth-order valence-corrected chi connectivity index (χ4v) is 4.01. The van der Waals surface area contributed by atoms with Crippen molar-refractivity contribution in [3.05, 3.63) is 60.0 Å². The molecule has 12 heteroatoms. The van der Waals surface area contributed by atoms with Crippen LogP contribution in [0.15, 0.2) is 53.6 Å². The van der Waals surface area contributed by atoms with E-state index in [1.165, 1.54) is 0 Å². The summed E-state index contributed by atoms with van der Waals surface area (Å²) in [5.41, 5.74) is -0.500. The van der Waals surface area contributed by atoms with Gasteiger partial charge >= 0.3 is 6.18 Å². The van der Waals surface area contributed by atoms with Crippen molar-refractivity contribution in [2.75, 3.05) is 6.54 Å². The molecule has 166 valence electrons. The summed E-state index contributed by atoms with van der Waals surface area (Å²) in [6, 6.07) is 8.12. The maximum Gasteiger partial charge on any atom is 0.416 e. The molecule has 31 heavy (non-hydrogen) atoms. The van der Waals surface area contributed by atoms with Crippen molar-refractivity contribution in [2.45, 2.75) is 36.9 Å². The largest absolute Gasteiger partial charge is 0.416 e. The van der Waals surface area contributed by atoms with Crippen LogP contribution in [0.25, 0.3) is 5.65 Å². The Labute approximate surface area is 176 Å². The van der Waals surface area contributed by atoms with Crippen LogP contribution >= 0.6 is 0 Å². The second kappa shape index (κ2) is 9.02. The molecule has 2 aromatic heterocycles. The number of halogens is 3. The van der Waals surface area contributed by atoms with E-state index in [1.54, 1.807) is 28.8 Å². The first-order chi connectivity index (χ1) is 14.6. The summed E-state index contributed by atoms with van der Waals surface area (Å²) in [5.74, 6) is -0.159. The summed E-state index contributed by atoms with van der Waals surface area (Å²) in [6.07, 6.45) is -1.70. The number of nitrogens with one attached hydrogen (secondary N) is 2. The predicted molar refractivity (Wildman–Crippen MR) is 105 cm³/mol. The molecule has 3 aromatic rings. The molecule has 1 unspecified atom stereocenters. The molecular formula is C19H20F3N5O3S. The summed E-state index contributed by atoms with van der Waals surface area (Å²) >= 11 is 0. The van der Waals surface area contributed by atoms with Crippen molar-refractivity contribution in [3.8, 4) is 0 Å². The molecule has 0 aliphatic heterocycles. The lowest BCUT2D eigenvalue weighted by Crippen LogP contribution is -2.39. The number of carbonyl (C=O) groups excluding carboxylic acids is 1. The van der Waals surface area contributed by atoms with Gasteiger partial charge in [0.25, 0.3) is 0 Å². The van der Waals surface area contributed by atoms with E-state index in [4.69, 9.17) is 0 Å². The highest BCUT2D eigenvalue weighted by atomic mass is 32.2. The van der Waals surface area contributed by atoms with Gasteiger partial charge in [-0.1, -0.05) is 25.5 Å². The maximum absolute atomic E-state index is 12.8. The standard InChI is InChI=1S/C19H20F3N5O3S/c1-2-6-15(18-26-25-16-9-3-4-10-27(16)18)24-17(28)12-23-31(29,30)14-8-5-7-13(11-14)19(20,21)22/h3-5,7-11,15,23H,2,6,12H2,1H3,(H,24,28). The topological polar surface area (TPSA) is 105 Å². The first-order valence-electron chi connectivity index (χ1n) is 9.38. The smallest absolute Gasteiger partial charge is 0.345 e. The fourth-order valence-electron chi connectivity index (χ4n) is 2.98. The SMILES string of the molecule is CCCC(NC(=O)CNS(=O)(=O)c1cccc(C(F)(F)F)c1)c1nnc2ccccn12. The number of sulfonamides is 1. The monoisotopic (exact) mass is 455 g/mol. The van der Waals surface area contributed by atoms with Gasteiger partial charge in [0.1, 0.15) is 0 Å². The lowest BCUT2D eigenvalue weighted by molar-refractivity contribution is -0.137. The third-order valence-electron chi connectivity index (χ3n) is 4.46. The quantitative estimate of drug-likeness (QED) is 0.543. The number of hydrogen-bond acceptors (Lipinski definition) is 5. The number of amides is 1. The van der Waals surface area contributed by atoms with E-state index in [0.717, 1.165) is 18.2 Å². The Hall–Kier alpha value is -2.99. The van der Waals surface area contributed by atoms with Gasteiger partial charge in [-0.3, -0.25) is 9.20 Å². The number of nitrogens with zero attached hydrogens (tertiary/aromatic N) is 3. The van der Waals surface area contributed by atoms with E-state index in [2.05, 4.69) is 15.5 Å². The highest BCUT2D eigenvalue weighted by molar-refractivity contribution is 7.89. The Bertz CT molecular complexity index is 1180. The fraction of sp³-hybridized carbons (Fsp3) is 0.316. The van der Waals surface area contributed by atoms with Gasteiger partial charge in [-0.15, -0.1) is 10.2 Å². The first-order valence-corrected chi connectivity index (χ1v) is 10.9. The van der Waals surface area contributed by atoms with Crippen LogP contribution in [0.5, 0.6) is 0 Å². The molecule has 2 heterocycles. The van der Waals surface area contributed by atoms with Crippen LogP contribution in [-0.4, -0.2) is 35.5 Å². The van der Waals surface area contributed by atoms with Gasteiger partial charge in [0.15, 0.2) is 11.5 Å². The van der Waals surface area contributed by atoms with Gasteiger partial charge in [0.2, 0.25) is 15.9 Å². The van der Waals surface area contributed by atoms with Crippen LogP contribution in [0.4, 0.5) is 13.2 Å². The van der Waals surface area contributed by atoms with Crippen LogP contribution in [0.3, 0.4) is 0 Å². The van der Waals surface area contributed by atoms with Crippen molar-refractivity contribution in [3.63, 3.8) is 0 Å². The molecule has 1 aromatic carbocycles. The Kier molecular flexibility index (Phi) is 6.60. The van der Waals surface area contributed by atoms with Crippen LogP contribution in [0.1, 0.15) is 37.2 Å². The van der Waals surface area contributed by atoms with Gasteiger partial charge in [-0.25, -0.2) is 13.1 Å². The maximum atomic E-state index is 12.8. The van der Waals surface area contributed by atoms with Gasteiger partial charge in [-0.2, -0.15) is 13.2 Å². The van der Waals surface area contributed by atoms with Crippen molar-refractivity contribution in [1.29, 1.82) is 0 Å². The molecule has 2 N–H and O–H groups in total. The summed E-state index contributed by atoms with van der Waals surface area (Å²) in [7, 11) is -4.32. The van der Waals surface area contributed by atoms with Crippen molar-refractivity contribution in [1.82, 2.24) is 24.6 Å². The summed E-state index contributed by atoms with van der Waals surface area (Å²) in [5, 5.41) is 10.9. The third kappa shape index (κ3) is 5.39. The van der Waals surface area contributed by atoms with Crippen LogP contribution in [0.2, 0.25) is 0 Å². The number of pyridine rings is 1. The molecule has 1 atom stereocenters. The van der Waals surface area contributed by atoms with Crippen molar-refractivity contribution < 1.29 is 26.4 Å². The Morgan fingerprint density at radius 1 is 1.16 bits per heavy atom. The minimum Gasteiger partial charge on any atom is -0.345 e. The Morgan fingerprint density at radius 2 is 1.94 bits per heavy atom.